The Morgan fingerprint density at radius 2 is 2.00 bits per heavy atom. The fourth-order valence-electron chi connectivity index (χ4n) is 1.73. The van der Waals surface area contributed by atoms with Crippen molar-refractivity contribution in [1.29, 1.82) is 0 Å². The average Bonchev–Trinajstić information content (AvgIpc) is 2.51. The standard InChI is InChI=1S/C16H10Cl2N2O3/c17-13-5-1-3-11(9-13)4-2-8-19-16(21)12-6-7-14(18)15(10-12)20(22)23/h1,3,5-7,9-10H,8H2,(H,19,21). The van der Waals surface area contributed by atoms with Gasteiger partial charge in [0, 0.05) is 22.2 Å². The fourth-order valence-corrected chi connectivity index (χ4v) is 2.11. The Bertz CT molecular complexity index is 826. The van der Waals surface area contributed by atoms with Gasteiger partial charge in [0.15, 0.2) is 0 Å². The van der Waals surface area contributed by atoms with E-state index in [1.807, 2.05) is 0 Å². The summed E-state index contributed by atoms with van der Waals surface area (Å²) in [6.45, 7) is 0.0990. The lowest BCUT2D eigenvalue weighted by molar-refractivity contribution is -0.384. The van der Waals surface area contributed by atoms with Crippen LogP contribution in [0.5, 0.6) is 0 Å². The molecule has 0 fully saturated rings. The van der Waals surface area contributed by atoms with Crippen LogP contribution in [0.3, 0.4) is 0 Å². The minimum Gasteiger partial charge on any atom is -0.341 e. The van der Waals surface area contributed by atoms with Crippen LogP contribution in [0.2, 0.25) is 10.0 Å². The topological polar surface area (TPSA) is 72.2 Å². The second-order valence-corrected chi connectivity index (χ2v) is 5.26. The van der Waals surface area contributed by atoms with Crippen LogP contribution in [0.15, 0.2) is 42.5 Å². The molecule has 0 aliphatic rings. The molecule has 2 aromatic carbocycles. The number of benzene rings is 2. The Balaban J connectivity index is 2.01. The number of nitro benzene ring substituents is 1. The Kier molecular flexibility index (Phi) is 5.58. The number of hydrogen-bond acceptors (Lipinski definition) is 3. The van der Waals surface area contributed by atoms with Gasteiger partial charge in [-0.1, -0.05) is 41.1 Å². The molecule has 7 heteroatoms. The normalized spacial score (nSPS) is 9.65. The maximum absolute atomic E-state index is 11.9. The molecule has 5 nitrogen and oxygen atoms in total. The Morgan fingerprint density at radius 3 is 2.70 bits per heavy atom. The first-order valence-corrected chi connectivity index (χ1v) is 7.19. The molecule has 0 spiro atoms. The van der Waals surface area contributed by atoms with E-state index in [1.165, 1.54) is 12.1 Å². The molecule has 116 valence electrons. The summed E-state index contributed by atoms with van der Waals surface area (Å²) in [4.78, 5) is 22.1. The van der Waals surface area contributed by atoms with Crippen LogP contribution in [0.1, 0.15) is 15.9 Å². The highest BCUT2D eigenvalue weighted by molar-refractivity contribution is 6.32. The largest absolute Gasteiger partial charge is 0.341 e. The van der Waals surface area contributed by atoms with E-state index < -0.39 is 10.8 Å². The lowest BCUT2D eigenvalue weighted by Gasteiger charge is -2.02. The number of nitrogens with zero attached hydrogens (tertiary/aromatic N) is 1. The van der Waals surface area contributed by atoms with Crippen LogP contribution >= 0.6 is 23.2 Å². The van der Waals surface area contributed by atoms with Crippen molar-refractivity contribution in [2.75, 3.05) is 6.54 Å². The van der Waals surface area contributed by atoms with E-state index in [0.29, 0.717) is 5.02 Å². The molecular weight excluding hydrogens is 339 g/mol. The molecular formula is C16H10Cl2N2O3. The van der Waals surface area contributed by atoms with E-state index in [2.05, 4.69) is 17.2 Å². The number of amides is 1. The monoisotopic (exact) mass is 348 g/mol. The van der Waals surface area contributed by atoms with E-state index in [4.69, 9.17) is 23.2 Å². The number of carbonyl (C=O) groups is 1. The predicted octanol–water partition coefficient (Wildman–Crippen LogP) is 3.68. The minimum atomic E-state index is -0.641. The van der Waals surface area contributed by atoms with Crippen LogP contribution in [-0.2, 0) is 0 Å². The van der Waals surface area contributed by atoms with Gasteiger partial charge >= 0.3 is 0 Å². The van der Waals surface area contributed by atoms with E-state index in [9.17, 15) is 14.9 Å². The molecule has 0 saturated heterocycles. The van der Waals surface area contributed by atoms with Crippen molar-refractivity contribution >= 4 is 34.8 Å². The number of halogens is 2. The van der Waals surface area contributed by atoms with Crippen molar-refractivity contribution in [1.82, 2.24) is 5.32 Å². The summed E-state index contributed by atoms with van der Waals surface area (Å²) in [7, 11) is 0. The van der Waals surface area contributed by atoms with Gasteiger partial charge in [0.05, 0.1) is 11.5 Å². The van der Waals surface area contributed by atoms with Crippen LogP contribution in [0.25, 0.3) is 0 Å². The Morgan fingerprint density at radius 1 is 1.22 bits per heavy atom. The quantitative estimate of drug-likeness (QED) is 0.522. The van der Waals surface area contributed by atoms with Crippen molar-refractivity contribution in [2.45, 2.75) is 0 Å². The second-order valence-electron chi connectivity index (χ2n) is 4.42. The SMILES string of the molecule is O=C(NCC#Cc1cccc(Cl)c1)c1ccc(Cl)c([N+](=O)[O-])c1. The van der Waals surface area contributed by atoms with Crippen molar-refractivity contribution in [3.05, 3.63) is 73.8 Å². The van der Waals surface area contributed by atoms with Crippen LogP contribution in [0, 0.1) is 22.0 Å². The lowest BCUT2D eigenvalue weighted by Crippen LogP contribution is -2.23. The summed E-state index contributed by atoms with van der Waals surface area (Å²) in [6.07, 6.45) is 0. The molecule has 0 aliphatic carbocycles. The predicted molar refractivity (Wildman–Crippen MR) is 88.8 cm³/mol. The molecule has 0 radical (unpaired) electrons. The maximum Gasteiger partial charge on any atom is 0.288 e. The van der Waals surface area contributed by atoms with Crippen LogP contribution in [0.4, 0.5) is 5.69 Å². The number of nitro groups is 1. The van der Waals surface area contributed by atoms with Crippen molar-refractivity contribution < 1.29 is 9.72 Å². The summed E-state index contributed by atoms with van der Waals surface area (Å²) >= 11 is 11.5. The molecule has 2 aromatic rings. The smallest absolute Gasteiger partial charge is 0.288 e. The zero-order chi connectivity index (χ0) is 16.8. The zero-order valence-corrected chi connectivity index (χ0v) is 13.2. The third-order valence-corrected chi connectivity index (χ3v) is 3.35. The molecule has 1 amide bonds. The average molecular weight is 349 g/mol. The third kappa shape index (κ3) is 4.71. The van der Waals surface area contributed by atoms with Gasteiger partial charge in [0.2, 0.25) is 0 Å². The van der Waals surface area contributed by atoms with Gasteiger partial charge in [0.1, 0.15) is 5.02 Å². The van der Waals surface area contributed by atoms with Gasteiger partial charge in [-0.2, -0.15) is 0 Å². The van der Waals surface area contributed by atoms with Crippen LogP contribution in [-0.4, -0.2) is 17.4 Å². The summed E-state index contributed by atoms with van der Waals surface area (Å²) in [5, 5.41) is 13.9. The molecule has 0 unspecified atom stereocenters. The molecule has 0 aromatic heterocycles. The highest BCUT2D eigenvalue weighted by Gasteiger charge is 2.15. The number of rotatable bonds is 3. The zero-order valence-electron chi connectivity index (χ0n) is 11.7. The maximum atomic E-state index is 11.9. The summed E-state index contributed by atoms with van der Waals surface area (Å²) in [6, 6.07) is 10.9. The van der Waals surface area contributed by atoms with E-state index in [0.717, 1.165) is 11.6 Å². The van der Waals surface area contributed by atoms with Gasteiger partial charge in [0.25, 0.3) is 11.6 Å². The van der Waals surface area contributed by atoms with Gasteiger partial charge < -0.3 is 5.32 Å². The molecule has 0 heterocycles. The van der Waals surface area contributed by atoms with Gasteiger partial charge in [-0.25, -0.2) is 0 Å². The van der Waals surface area contributed by atoms with E-state index >= 15 is 0 Å². The summed E-state index contributed by atoms with van der Waals surface area (Å²) < 4.78 is 0. The number of nitrogens with one attached hydrogen (secondary N) is 1. The number of hydrogen-bond donors (Lipinski definition) is 1. The van der Waals surface area contributed by atoms with Gasteiger partial charge in [-0.15, -0.1) is 0 Å². The lowest BCUT2D eigenvalue weighted by atomic mass is 10.2. The molecule has 0 saturated carbocycles. The van der Waals surface area contributed by atoms with E-state index in [-0.39, 0.29) is 22.8 Å². The van der Waals surface area contributed by atoms with Gasteiger partial charge in [-0.05, 0) is 30.3 Å². The molecule has 0 aliphatic heterocycles. The van der Waals surface area contributed by atoms with Crippen LogP contribution < -0.4 is 5.32 Å². The molecule has 1 N–H and O–H groups in total. The number of carbonyl (C=O) groups excluding carboxylic acids is 1. The Labute approximate surface area is 142 Å². The summed E-state index contributed by atoms with van der Waals surface area (Å²) in [5.74, 6) is 5.16. The van der Waals surface area contributed by atoms with Crippen molar-refractivity contribution in [2.24, 2.45) is 0 Å². The first kappa shape index (κ1) is 16.8. The summed E-state index contributed by atoms with van der Waals surface area (Å²) in [5.41, 5.74) is 0.559. The fraction of sp³-hybridized carbons (Fsp3) is 0.0625. The van der Waals surface area contributed by atoms with E-state index in [1.54, 1.807) is 24.3 Å². The molecule has 0 atom stereocenters. The third-order valence-electron chi connectivity index (χ3n) is 2.80. The second kappa shape index (κ2) is 7.63. The van der Waals surface area contributed by atoms with Crippen molar-refractivity contribution in [3.63, 3.8) is 0 Å². The van der Waals surface area contributed by atoms with Crippen molar-refractivity contribution in [3.8, 4) is 11.8 Å². The minimum absolute atomic E-state index is 0.0210. The Hall–Kier alpha value is -2.55. The highest BCUT2D eigenvalue weighted by Crippen LogP contribution is 2.24. The first-order chi connectivity index (χ1) is 11.0. The molecule has 23 heavy (non-hydrogen) atoms. The van der Waals surface area contributed by atoms with Gasteiger partial charge in [-0.3, -0.25) is 14.9 Å². The molecule has 0 bridgehead atoms. The highest BCUT2D eigenvalue weighted by atomic mass is 35.5. The first-order valence-electron chi connectivity index (χ1n) is 6.44. The molecule has 2 rings (SSSR count).